The second-order valence-corrected chi connectivity index (χ2v) is 14.2. The number of ether oxygens (including phenoxy) is 4. The van der Waals surface area contributed by atoms with Crippen LogP contribution in [0.5, 0.6) is 11.5 Å². The van der Waals surface area contributed by atoms with Gasteiger partial charge in [0.2, 0.25) is 0 Å². The van der Waals surface area contributed by atoms with Crippen LogP contribution in [0.15, 0.2) is 91.5 Å². The van der Waals surface area contributed by atoms with Gasteiger partial charge in [-0.15, -0.1) is 0 Å². The summed E-state index contributed by atoms with van der Waals surface area (Å²) in [7, 11) is -1.43. The standard InChI is InChI=1S/C32H32Br2N2O8S2/c1-5-43-31(37)19-35(45-29-15-11-21(33)17-27(29)41-3)25-13-14-26(24-10-8-7-9-23(24)25)36(20-32(38)44-6-2)46(39,40)30-16-12-22(34)18-28(30)42-4/h7-18H,5-6,19-20H2,1-4H3. The number of carbonyl (C=O) groups excluding carboxylic acids is 2. The maximum absolute atomic E-state index is 14.3. The third kappa shape index (κ3) is 8.08. The fourth-order valence-corrected chi connectivity index (χ4v) is 7.90. The number of methoxy groups -OCH3 is 2. The van der Waals surface area contributed by atoms with E-state index in [2.05, 4.69) is 31.9 Å². The van der Waals surface area contributed by atoms with Crippen molar-refractivity contribution in [2.75, 3.05) is 49.1 Å². The summed E-state index contributed by atoms with van der Waals surface area (Å²) in [5.74, 6) is -0.487. The monoisotopic (exact) mass is 794 g/mol. The highest BCUT2D eigenvalue weighted by Crippen LogP contribution is 2.43. The van der Waals surface area contributed by atoms with Gasteiger partial charge in [-0.3, -0.25) is 13.9 Å². The van der Waals surface area contributed by atoms with E-state index in [0.29, 0.717) is 26.7 Å². The number of rotatable bonds is 14. The molecule has 0 bridgehead atoms. The zero-order valence-corrected chi connectivity index (χ0v) is 30.3. The molecule has 46 heavy (non-hydrogen) atoms. The molecule has 0 heterocycles. The lowest BCUT2D eigenvalue weighted by atomic mass is 10.1. The molecular formula is C32H32Br2N2O8S2. The molecule has 4 aromatic carbocycles. The number of sulfonamides is 1. The van der Waals surface area contributed by atoms with Gasteiger partial charge in [-0.25, -0.2) is 8.42 Å². The van der Waals surface area contributed by atoms with Crippen LogP contribution in [0.1, 0.15) is 13.8 Å². The molecule has 0 saturated heterocycles. The van der Waals surface area contributed by atoms with E-state index in [1.54, 1.807) is 55.6 Å². The fourth-order valence-electron chi connectivity index (χ4n) is 4.63. The maximum Gasteiger partial charge on any atom is 0.326 e. The first-order valence-electron chi connectivity index (χ1n) is 14.0. The first kappa shape index (κ1) is 35.4. The van der Waals surface area contributed by atoms with Gasteiger partial charge in [0, 0.05) is 19.7 Å². The Hall–Kier alpha value is -3.46. The molecule has 4 rings (SSSR count). The highest BCUT2D eigenvalue weighted by molar-refractivity contribution is 9.10. The van der Waals surface area contributed by atoms with Crippen molar-refractivity contribution in [3.8, 4) is 11.5 Å². The van der Waals surface area contributed by atoms with Gasteiger partial charge in [-0.05, 0) is 74.3 Å². The van der Waals surface area contributed by atoms with E-state index in [1.165, 1.54) is 31.2 Å². The smallest absolute Gasteiger partial charge is 0.326 e. The minimum Gasteiger partial charge on any atom is -0.495 e. The molecule has 0 spiro atoms. The molecule has 0 aliphatic carbocycles. The minimum atomic E-state index is -4.37. The summed E-state index contributed by atoms with van der Waals surface area (Å²) in [5.41, 5.74) is 0.844. The summed E-state index contributed by atoms with van der Waals surface area (Å²) >= 11 is 8.08. The van der Waals surface area contributed by atoms with Crippen LogP contribution >= 0.6 is 43.8 Å². The lowest BCUT2D eigenvalue weighted by Crippen LogP contribution is -2.37. The summed E-state index contributed by atoms with van der Waals surface area (Å²) in [6.07, 6.45) is 0. The predicted octanol–water partition coefficient (Wildman–Crippen LogP) is 7.22. The van der Waals surface area contributed by atoms with E-state index in [0.717, 1.165) is 13.7 Å². The van der Waals surface area contributed by atoms with Crippen molar-refractivity contribution in [3.05, 3.63) is 81.7 Å². The lowest BCUT2D eigenvalue weighted by molar-refractivity contribution is -0.142. The van der Waals surface area contributed by atoms with Crippen LogP contribution < -0.4 is 18.1 Å². The number of nitrogens with zero attached hydrogens (tertiary/aromatic N) is 2. The van der Waals surface area contributed by atoms with Crippen LogP contribution in [0.4, 0.5) is 11.4 Å². The van der Waals surface area contributed by atoms with E-state index in [1.807, 2.05) is 30.3 Å². The Balaban J connectivity index is 1.92. The molecule has 0 saturated carbocycles. The number of carbonyl (C=O) groups is 2. The topological polar surface area (TPSA) is 112 Å². The van der Waals surface area contributed by atoms with Crippen LogP contribution in [-0.4, -0.2) is 60.9 Å². The highest BCUT2D eigenvalue weighted by atomic mass is 79.9. The number of esters is 2. The van der Waals surface area contributed by atoms with E-state index in [9.17, 15) is 18.0 Å². The molecule has 0 N–H and O–H groups in total. The summed E-state index contributed by atoms with van der Waals surface area (Å²) in [5, 5.41) is 1.14. The van der Waals surface area contributed by atoms with Gasteiger partial charge in [0.1, 0.15) is 29.5 Å². The molecule has 0 amide bonds. The van der Waals surface area contributed by atoms with Gasteiger partial charge in [-0.2, -0.15) is 0 Å². The molecule has 4 aromatic rings. The molecule has 10 nitrogen and oxygen atoms in total. The third-order valence-corrected chi connectivity index (χ3v) is 10.5. The minimum absolute atomic E-state index is 0.0770. The molecule has 244 valence electrons. The van der Waals surface area contributed by atoms with Gasteiger partial charge in [0.15, 0.2) is 0 Å². The number of benzene rings is 4. The summed E-state index contributed by atoms with van der Waals surface area (Å²) in [4.78, 5) is 26.3. The van der Waals surface area contributed by atoms with Crippen molar-refractivity contribution in [2.24, 2.45) is 0 Å². The summed E-state index contributed by atoms with van der Waals surface area (Å²) in [6.45, 7) is 2.95. The fraction of sp³-hybridized carbons (Fsp3) is 0.250. The van der Waals surface area contributed by atoms with Crippen molar-refractivity contribution in [1.29, 1.82) is 0 Å². The number of anilines is 2. The zero-order valence-electron chi connectivity index (χ0n) is 25.5. The number of hydrogen-bond donors (Lipinski definition) is 0. The molecule has 0 aromatic heterocycles. The highest BCUT2D eigenvalue weighted by Gasteiger charge is 2.32. The number of halogens is 2. The van der Waals surface area contributed by atoms with E-state index >= 15 is 0 Å². The summed E-state index contributed by atoms with van der Waals surface area (Å²) < 4.78 is 54.3. The normalized spacial score (nSPS) is 11.2. The van der Waals surface area contributed by atoms with Crippen molar-refractivity contribution in [2.45, 2.75) is 23.6 Å². The second kappa shape index (κ2) is 15.9. The second-order valence-electron chi connectivity index (χ2n) is 9.49. The van der Waals surface area contributed by atoms with Crippen LogP contribution in [0.2, 0.25) is 0 Å². The largest absolute Gasteiger partial charge is 0.495 e. The molecule has 0 aliphatic heterocycles. The lowest BCUT2D eigenvalue weighted by Gasteiger charge is -2.29. The SMILES string of the molecule is CCOC(=O)CN(Sc1ccc(Br)cc1OC)c1ccc(N(CC(=O)OCC)S(=O)(=O)c2ccc(Br)cc2OC)c2ccccc12. The Labute approximate surface area is 289 Å². The first-order chi connectivity index (χ1) is 22.0. The van der Waals surface area contributed by atoms with Gasteiger partial charge in [0.25, 0.3) is 10.0 Å². The molecule has 0 aliphatic rings. The van der Waals surface area contributed by atoms with E-state index < -0.39 is 28.5 Å². The van der Waals surface area contributed by atoms with Gasteiger partial charge >= 0.3 is 11.9 Å². The van der Waals surface area contributed by atoms with E-state index in [-0.39, 0.29) is 36.1 Å². The average molecular weight is 797 g/mol. The molecular weight excluding hydrogens is 764 g/mol. The summed E-state index contributed by atoms with van der Waals surface area (Å²) in [6, 6.07) is 20.6. The van der Waals surface area contributed by atoms with Crippen molar-refractivity contribution in [3.63, 3.8) is 0 Å². The number of fused-ring (bicyclic) bond motifs is 1. The maximum atomic E-state index is 14.3. The number of hydrogen-bond acceptors (Lipinski definition) is 10. The predicted molar refractivity (Wildman–Crippen MR) is 186 cm³/mol. The molecule has 0 radical (unpaired) electrons. The van der Waals surface area contributed by atoms with Crippen LogP contribution in [-0.2, 0) is 29.1 Å². The Kier molecular flexibility index (Phi) is 12.2. The van der Waals surface area contributed by atoms with Crippen molar-refractivity contribution >= 4 is 87.9 Å². The first-order valence-corrected chi connectivity index (χ1v) is 17.8. The quantitative estimate of drug-likeness (QED) is 0.0959. The molecule has 0 atom stereocenters. The van der Waals surface area contributed by atoms with E-state index in [4.69, 9.17) is 18.9 Å². The molecule has 14 heteroatoms. The van der Waals surface area contributed by atoms with Gasteiger partial charge in [-0.1, -0.05) is 56.1 Å². The molecule has 0 fully saturated rings. The van der Waals surface area contributed by atoms with Crippen LogP contribution in [0.25, 0.3) is 10.8 Å². The third-order valence-electron chi connectivity index (χ3n) is 6.60. The van der Waals surface area contributed by atoms with Crippen molar-refractivity contribution in [1.82, 2.24) is 0 Å². The zero-order chi connectivity index (χ0) is 33.4. The Morgan fingerprint density at radius 2 is 1.28 bits per heavy atom. The van der Waals surface area contributed by atoms with Gasteiger partial charge < -0.3 is 23.3 Å². The van der Waals surface area contributed by atoms with Gasteiger partial charge in [0.05, 0.1) is 43.7 Å². The van der Waals surface area contributed by atoms with Crippen LogP contribution in [0, 0.1) is 0 Å². The average Bonchev–Trinajstić information content (AvgIpc) is 3.03. The Morgan fingerprint density at radius 1 is 0.739 bits per heavy atom. The Bertz CT molecular complexity index is 1840. The Morgan fingerprint density at radius 3 is 1.89 bits per heavy atom. The van der Waals surface area contributed by atoms with Crippen LogP contribution in [0.3, 0.4) is 0 Å². The van der Waals surface area contributed by atoms with Crippen molar-refractivity contribution < 1.29 is 37.0 Å². The molecule has 0 unspecified atom stereocenters.